The van der Waals surface area contributed by atoms with E-state index in [0.29, 0.717) is 35.2 Å². The Labute approximate surface area is 187 Å². The van der Waals surface area contributed by atoms with Crippen molar-refractivity contribution in [3.05, 3.63) is 74.7 Å². The Morgan fingerprint density at radius 2 is 1.94 bits per heavy atom. The maximum atomic E-state index is 12.8. The van der Waals surface area contributed by atoms with Gasteiger partial charge in [-0.1, -0.05) is 23.7 Å². The lowest BCUT2D eigenvalue weighted by Gasteiger charge is -2.15. The molecule has 9 heteroatoms. The minimum Gasteiger partial charge on any atom is -0.325 e. The minimum absolute atomic E-state index is 0.307. The summed E-state index contributed by atoms with van der Waals surface area (Å²) >= 11 is 7.68. The van der Waals surface area contributed by atoms with E-state index in [0.717, 1.165) is 26.5 Å². The highest BCUT2D eigenvalue weighted by molar-refractivity contribution is 7.18. The van der Waals surface area contributed by atoms with Crippen molar-refractivity contribution in [2.45, 2.75) is 26.9 Å². The van der Waals surface area contributed by atoms with E-state index in [1.807, 2.05) is 65.4 Å². The van der Waals surface area contributed by atoms with Gasteiger partial charge in [-0.15, -0.1) is 11.3 Å². The van der Waals surface area contributed by atoms with Crippen LogP contribution in [0.4, 0.5) is 11.6 Å². The topological polar surface area (TPSA) is 77.6 Å². The first-order chi connectivity index (χ1) is 15.0. The second-order valence-corrected chi connectivity index (χ2v) is 8.87. The van der Waals surface area contributed by atoms with Crippen molar-refractivity contribution in [1.82, 2.24) is 24.1 Å². The Morgan fingerprint density at radius 3 is 2.71 bits per heavy atom. The Kier molecular flexibility index (Phi) is 4.95. The van der Waals surface area contributed by atoms with Gasteiger partial charge in [0.2, 0.25) is 5.95 Å². The van der Waals surface area contributed by atoms with Crippen LogP contribution in [0.5, 0.6) is 0 Å². The minimum atomic E-state index is -0.307. The van der Waals surface area contributed by atoms with Crippen molar-refractivity contribution in [3.63, 3.8) is 0 Å². The van der Waals surface area contributed by atoms with Gasteiger partial charge in [0.1, 0.15) is 0 Å². The van der Waals surface area contributed by atoms with Gasteiger partial charge in [0.25, 0.3) is 0 Å². The van der Waals surface area contributed by atoms with Crippen LogP contribution in [0.1, 0.15) is 17.5 Å². The predicted molar refractivity (Wildman–Crippen MR) is 126 cm³/mol. The van der Waals surface area contributed by atoms with Crippen LogP contribution in [0.25, 0.3) is 21.4 Å². The summed E-state index contributed by atoms with van der Waals surface area (Å²) in [5, 5.41) is 5.01. The zero-order chi connectivity index (χ0) is 21.5. The lowest BCUT2D eigenvalue weighted by Crippen LogP contribution is -2.20. The highest BCUT2D eigenvalue weighted by Gasteiger charge is 2.16. The maximum Gasteiger partial charge on any atom is 0.300 e. The van der Waals surface area contributed by atoms with Gasteiger partial charge in [-0.3, -0.25) is 9.36 Å². The molecule has 3 aromatic heterocycles. The molecule has 31 heavy (non-hydrogen) atoms. The van der Waals surface area contributed by atoms with Crippen LogP contribution in [0.15, 0.2) is 53.6 Å². The highest BCUT2D eigenvalue weighted by atomic mass is 35.5. The molecule has 7 nitrogen and oxygen atoms in total. The summed E-state index contributed by atoms with van der Waals surface area (Å²) in [5.41, 5.74) is 3.60. The first-order valence-electron chi connectivity index (χ1n) is 9.86. The van der Waals surface area contributed by atoms with E-state index in [1.54, 1.807) is 17.7 Å². The maximum absolute atomic E-state index is 12.8. The molecule has 0 aliphatic rings. The van der Waals surface area contributed by atoms with Gasteiger partial charge in [-0.05, 0) is 49.7 Å². The number of fused-ring (bicyclic) bond motifs is 2. The molecule has 5 aromatic rings. The molecule has 0 amide bonds. The smallest absolute Gasteiger partial charge is 0.300 e. The van der Waals surface area contributed by atoms with Crippen molar-refractivity contribution in [1.29, 1.82) is 0 Å². The third-order valence-electron chi connectivity index (χ3n) is 5.09. The fourth-order valence-corrected chi connectivity index (χ4v) is 4.59. The average Bonchev–Trinajstić information content (AvgIpc) is 3.35. The van der Waals surface area contributed by atoms with Crippen molar-refractivity contribution in [2.75, 3.05) is 5.32 Å². The number of nitrogens with one attached hydrogen (secondary N) is 1. The summed E-state index contributed by atoms with van der Waals surface area (Å²) < 4.78 is 4.82. The van der Waals surface area contributed by atoms with Crippen LogP contribution in [0.2, 0.25) is 5.02 Å². The van der Waals surface area contributed by atoms with E-state index in [-0.39, 0.29) is 5.56 Å². The number of hydrogen-bond acceptors (Lipinski definition) is 6. The number of imidazole rings is 1. The molecular weight excluding hydrogens is 432 g/mol. The molecule has 0 fully saturated rings. The van der Waals surface area contributed by atoms with Gasteiger partial charge < -0.3 is 9.88 Å². The number of aryl methyl sites for hydroxylation is 2. The van der Waals surface area contributed by atoms with Crippen LogP contribution in [-0.2, 0) is 13.1 Å². The zero-order valence-corrected chi connectivity index (χ0v) is 18.5. The van der Waals surface area contributed by atoms with Gasteiger partial charge in [0.15, 0.2) is 11.2 Å². The summed E-state index contributed by atoms with van der Waals surface area (Å²) in [4.78, 5) is 26.3. The molecule has 1 N–H and O–H groups in total. The standard InChI is InChI=1S/C22H19ClN6OS/c1-3-28-12-24-20-19(28)21(30)27-22(29(20)11-14-4-6-15(23)7-5-14)26-16-8-9-17-18(10-16)31-13(2)25-17/h4-10,12H,3,11H2,1-2H3,(H,26,27,30). The number of aromatic nitrogens is 5. The van der Waals surface area contributed by atoms with E-state index in [9.17, 15) is 4.79 Å². The van der Waals surface area contributed by atoms with Crippen molar-refractivity contribution in [2.24, 2.45) is 0 Å². The van der Waals surface area contributed by atoms with Gasteiger partial charge in [0.05, 0.1) is 28.1 Å². The fourth-order valence-electron chi connectivity index (χ4n) is 3.60. The molecule has 156 valence electrons. The second kappa shape index (κ2) is 7.79. The molecule has 3 heterocycles. The lowest BCUT2D eigenvalue weighted by atomic mass is 10.2. The van der Waals surface area contributed by atoms with Crippen LogP contribution >= 0.6 is 22.9 Å². The fraction of sp³-hybridized carbons (Fsp3) is 0.182. The van der Waals surface area contributed by atoms with Crippen LogP contribution in [0.3, 0.4) is 0 Å². The van der Waals surface area contributed by atoms with E-state index in [4.69, 9.17) is 11.6 Å². The van der Waals surface area contributed by atoms with Gasteiger partial charge >= 0.3 is 5.56 Å². The average molecular weight is 451 g/mol. The predicted octanol–water partition coefficient (Wildman–Crippen LogP) is 4.98. The molecular formula is C22H19ClN6OS. The van der Waals surface area contributed by atoms with E-state index < -0.39 is 0 Å². The summed E-state index contributed by atoms with van der Waals surface area (Å²) in [7, 11) is 0. The normalized spacial score (nSPS) is 11.5. The van der Waals surface area contributed by atoms with Crippen LogP contribution in [-0.4, -0.2) is 24.1 Å². The van der Waals surface area contributed by atoms with Gasteiger partial charge in [-0.2, -0.15) is 4.98 Å². The largest absolute Gasteiger partial charge is 0.325 e. The molecule has 5 rings (SSSR count). The Morgan fingerprint density at radius 1 is 1.13 bits per heavy atom. The highest BCUT2D eigenvalue weighted by Crippen LogP contribution is 2.27. The molecule has 0 aliphatic heterocycles. The Hall–Kier alpha value is -3.23. The number of halogens is 1. The molecule has 0 bridgehead atoms. The molecule has 2 aromatic carbocycles. The summed E-state index contributed by atoms with van der Waals surface area (Å²) in [5.74, 6) is 0.439. The number of thiazole rings is 1. The molecule has 0 radical (unpaired) electrons. The third kappa shape index (κ3) is 3.68. The molecule has 0 saturated heterocycles. The van der Waals surface area contributed by atoms with Crippen LogP contribution < -0.4 is 10.9 Å². The van der Waals surface area contributed by atoms with Crippen LogP contribution in [0, 0.1) is 6.92 Å². The van der Waals surface area contributed by atoms with Gasteiger partial charge in [0, 0.05) is 17.3 Å². The Bertz CT molecular complexity index is 1470. The van der Waals surface area contributed by atoms with Gasteiger partial charge in [-0.25, -0.2) is 9.97 Å². The Balaban J connectivity index is 1.64. The summed E-state index contributed by atoms with van der Waals surface area (Å²) in [6.45, 7) is 5.10. The van der Waals surface area contributed by atoms with E-state index >= 15 is 0 Å². The summed E-state index contributed by atoms with van der Waals surface area (Å²) in [6, 6.07) is 13.5. The first-order valence-corrected chi connectivity index (χ1v) is 11.1. The van der Waals surface area contributed by atoms with E-state index in [1.165, 1.54) is 0 Å². The SMILES string of the molecule is CCn1cnc2c1c(=O)nc(Nc1ccc3nc(C)sc3c1)n2Cc1ccc(Cl)cc1. The quantitative estimate of drug-likeness (QED) is 0.408. The zero-order valence-electron chi connectivity index (χ0n) is 17.0. The number of anilines is 2. The third-order valence-corrected chi connectivity index (χ3v) is 6.27. The van der Waals surface area contributed by atoms with Crippen molar-refractivity contribution < 1.29 is 0 Å². The second-order valence-electron chi connectivity index (χ2n) is 7.20. The van der Waals surface area contributed by atoms with Crippen molar-refractivity contribution >= 4 is 56.0 Å². The number of nitrogens with zero attached hydrogens (tertiary/aromatic N) is 5. The molecule has 0 aliphatic carbocycles. The number of hydrogen-bond donors (Lipinski definition) is 1. The summed E-state index contributed by atoms with van der Waals surface area (Å²) in [6.07, 6.45) is 1.68. The molecule has 0 saturated carbocycles. The molecule has 0 unspecified atom stereocenters. The number of rotatable bonds is 5. The van der Waals surface area contributed by atoms with E-state index in [2.05, 4.69) is 20.3 Å². The molecule has 0 spiro atoms. The number of benzene rings is 2. The first kappa shape index (κ1) is 19.7. The molecule has 0 atom stereocenters. The lowest BCUT2D eigenvalue weighted by molar-refractivity contribution is 0.776. The monoisotopic (exact) mass is 450 g/mol. The van der Waals surface area contributed by atoms with Crippen molar-refractivity contribution in [3.8, 4) is 0 Å².